The van der Waals surface area contributed by atoms with Crippen LogP contribution in [0.2, 0.25) is 0 Å². The Bertz CT molecular complexity index is 853. The number of rotatable bonds is 1. The molecule has 0 saturated carbocycles. The number of methoxy groups -OCH3 is 1. The maximum Gasteiger partial charge on any atom is 0.232 e. The summed E-state index contributed by atoms with van der Waals surface area (Å²) in [5, 5.41) is 9.94. The minimum atomic E-state index is -0.717. The van der Waals surface area contributed by atoms with Crippen LogP contribution < -0.4 is 0 Å². The Morgan fingerprint density at radius 2 is 1.74 bits per heavy atom. The van der Waals surface area contributed by atoms with E-state index in [1.54, 1.807) is 19.1 Å². The maximum absolute atomic E-state index is 12.5. The number of allylic oxidation sites excluding steroid dienone is 4. The number of carbonyl (C=O) groups excluding carboxylic acids is 3. The van der Waals surface area contributed by atoms with Crippen LogP contribution >= 0.6 is 0 Å². The molecule has 0 aliphatic heterocycles. The quantitative estimate of drug-likeness (QED) is 0.862. The monoisotopic (exact) mass is 312 g/mol. The molecule has 0 saturated heterocycles. The van der Waals surface area contributed by atoms with Crippen molar-refractivity contribution in [3.63, 3.8) is 0 Å². The Kier molecular flexibility index (Phi) is 3.08. The first kappa shape index (κ1) is 15.2. The fourth-order valence-electron chi connectivity index (χ4n) is 3.21. The number of aliphatic hydroxyl groups excluding tert-OH is 1. The van der Waals surface area contributed by atoms with E-state index in [9.17, 15) is 19.5 Å². The molecule has 2 aliphatic rings. The summed E-state index contributed by atoms with van der Waals surface area (Å²) in [5.41, 5.74) is 1.33. The van der Waals surface area contributed by atoms with Gasteiger partial charge in [0.05, 0.1) is 7.11 Å². The van der Waals surface area contributed by atoms with E-state index in [4.69, 9.17) is 4.74 Å². The van der Waals surface area contributed by atoms with Gasteiger partial charge < -0.3 is 9.84 Å². The van der Waals surface area contributed by atoms with E-state index >= 15 is 0 Å². The average molecular weight is 312 g/mol. The molecule has 5 heteroatoms. The van der Waals surface area contributed by atoms with Gasteiger partial charge in [0.25, 0.3) is 0 Å². The smallest absolute Gasteiger partial charge is 0.232 e. The number of Topliss-reactive ketones (excluding diaryl/α,β-unsaturated/α-hetero) is 2. The van der Waals surface area contributed by atoms with Gasteiger partial charge in [-0.2, -0.15) is 0 Å². The average Bonchev–Trinajstić information content (AvgIpc) is 2.49. The van der Waals surface area contributed by atoms with Crippen molar-refractivity contribution in [2.75, 3.05) is 7.11 Å². The number of fused-ring (bicyclic) bond motifs is 2. The predicted molar refractivity (Wildman–Crippen MR) is 83.0 cm³/mol. The predicted octanol–water partition coefficient (Wildman–Crippen LogP) is 2.82. The van der Waals surface area contributed by atoms with Gasteiger partial charge in [-0.3, -0.25) is 14.4 Å². The Balaban J connectivity index is 2.40. The van der Waals surface area contributed by atoms with Gasteiger partial charge >= 0.3 is 0 Å². The standard InChI is InChI=1S/C18H16O5/c1-8-12-9(14(20)17(23-4)16(22)15(12)21)7-10-13(8)11(19)5-6-18(10,2)3/h5-7,22H,1-4H3. The highest BCUT2D eigenvalue weighted by molar-refractivity contribution is 6.27. The van der Waals surface area contributed by atoms with Crippen molar-refractivity contribution in [1.29, 1.82) is 0 Å². The summed E-state index contributed by atoms with van der Waals surface area (Å²) < 4.78 is 4.88. The SMILES string of the molecule is COC1=C(O)C(=O)c2c(cc3c(c2C)C(=O)C=CC3(C)C)C1=O. The lowest BCUT2D eigenvalue weighted by Crippen LogP contribution is -2.30. The van der Waals surface area contributed by atoms with Crippen LogP contribution in [0.5, 0.6) is 0 Å². The highest BCUT2D eigenvalue weighted by Crippen LogP contribution is 2.39. The number of ketones is 3. The second-order valence-electron chi connectivity index (χ2n) is 6.31. The number of hydrogen-bond acceptors (Lipinski definition) is 5. The molecule has 0 unspecified atom stereocenters. The number of carbonyl (C=O) groups is 3. The van der Waals surface area contributed by atoms with Crippen molar-refractivity contribution >= 4 is 17.3 Å². The van der Waals surface area contributed by atoms with Gasteiger partial charge in [-0.1, -0.05) is 19.9 Å². The zero-order valence-corrected chi connectivity index (χ0v) is 13.3. The summed E-state index contributed by atoms with van der Waals surface area (Å²) in [7, 11) is 1.23. The van der Waals surface area contributed by atoms with Crippen LogP contribution in [-0.4, -0.2) is 29.6 Å². The molecule has 5 nitrogen and oxygen atoms in total. The van der Waals surface area contributed by atoms with Crippen LogP contribution in [0.4, 0.5) is 0 Å². The van der Waals surface area contributed by atoms with Crippen molar-refractivity contribution < 1.29 is 24.2 Å². The lowest BCUT2D eigenvalue weighted by Gasteiger charge is -2.31. The molecule has 0 amide bonds. The first-order valence-corrected chi connectivity index (χ1v) is 7.19. The molecule has 2 aliphatic carbocycles. The van der Waals surface area contributed by atoms with Crippen LogP contribution in [-0.2, 0) is 10.2 Å². The van der Waals surface area contributed by atoms with Crippen molar-refractivity contribution in [3.05, 3.63) is 57.6 Å². The van der Waals surface area contributed by atoms with Crippen LogP contribution in [0.15, 0.2) is 29.7 Å². The van der Waals surface area contributed by atoms with Gasteiger partial charge in [0.15, 0.2) is 5.78 Å². The van der Waals surface area contributed by atoms with Crippen molar-refractivity contribution in [3.8, 4) is 0 Å². The molecule has 1 N–H and O–H groups in total. The summed E-state index contributed by atoms with van der Waals surface area (Å²) in [4.78, 5) is 37.3. The summed E-state index contributed by atoms with van der Waals surface area (Å²) in [6, 6.07) is 1.57. The van der Waals surface area contributed by atoms with Gasteiger partial charge in [-0.05, 0) is 30.2 Å². The zero-order valence-electron chi connectivity index (χ0n) is 13.3. The van der Waals surface area contributed by atoms with Crippen molar-refractivity contribution in [2.45, 2.75) is 26.2 Å². The number of ether oxygens (including phenoxy) is 1. The van der Waals surface area contributed by atoms with E-state index < -0.39 is 22.7 Å². The van der Waals surface area contributed by atoms with E-state index in [0.29, 0.717) is 16.7 Å². The normalized spacial score (nSPS) is 18.9. The highest BCUT2D eigenvalue weighted by atomic mass is 16.5. The molecular weight excluding hydrogens is 296 g/mol. The van der Waals surface area contributed by atoms with Crippen LogP contribution in [0.3, 0.4) is 0 Å². The summed E-state index contributed by atoms with van der Waals surface area (Å²) in [6.45, 7) is 5.49. The second-order valence-corrected chi connectivity index (χ2v) is 6.31. The molecule has 23 heavy (non-hydrogen) atoms. The van der Waals surface area contributed by atoms with Crippen LogP contribution in [0.25, 0.3) is 0 Å². The molecule has 0 radical (unpaired) electrons. The molecule has 3 rings (SSSR count). The third-order valence-electron chi connectivity index (χ3n) is 4.48. The number of benzene rings is 1. The summed E-state index contributed by atoms with van der Waals surface area (Å²) in [5.74, 6) is -2.54. The molecule has 0 atom stereocenters. The van der Waals surface area contributed by atoms with E-state index in [1.807, 2.05) is 13.8 Å². The van der Waals surface area contributed by atoms with Crippen molar-refractivity contribution in [2.24, 2.45) is 0 Å². The Hall–Kier alpha value is -2.69. The van der Waals surface area contributed by atoms with Gasteiger partial charge in [0.2, 0.25) is 23.1 Å². The lowest BCUT2D eigenvalue weighted by molar-refractivity contribution is 0.0854. The largest absolute Gasteiger partial charge is 0.501 e. The summed E-state index contributed by atoms with van der Waals surface area (Å²) >= 11 is 0. The van der Waals surface area contributed by atoms with Gasteiger partial charge in [0, 0.05) is 22.1 Å². The first-order chi connectivity index (χ1) is 10.7. The third-order valence-corrected chi connectivity index (χ3v) is 4.48. The Morgan fingerprint density at radius 1 is 1.09 bits per heavy atom. The van der Waals surface area contributed by atoms with Crippen molar-refractivity contribution in [1.82, 2.24) is 0 Å². The maximum atomic E-state index is 12.5. The Labute approximate surface area is 133 Å². The highest BCUT2D eigenvalue weighted by Gasteiger charge is 2.39. The molecule has 0 spiro atoms. The van der Waals surface area contributed by atoms with Gasteiger partial charge in [0.1, 0.15) is 0 Å². The molecular formula is C18H16O5. The Morgan fingerprint density at radius 3 is 2.35 bits per heavy atom. The van der Waals surface area contributed by atoms with E-state index in [2.05, 4.69) is 0 Å². The molecule has 1 aromatic rings. The van der Waals surface area contributed by atoms with Crippen LogP contribution in [0, 0.1) is 6.92 Å². The fourth-order valence-corrected chi connectivity index (χ4v) is 3.21. The topological polar surface area (TPSA) is 80.7 Å². The second kappa shape index (κ2) is 4.65. The van der Waals surface area contributed by atoms with E-state index in [1.165, 1.54) is 13.2 Å². The molecule has 0 fully saturated rings. The third kappa shape index (κ3) is 1.89. The molecule has 0 aromatic heterocycles. The fraction of sp³-hybridized carbons (Fsp3) is 0.278. The summed E-state index contributed by atoms with van der Waals surface area (Å²) in [6.07, 6.45) is 3.26. The first-order valence-electron chi connectivity index (χ1n) is 7.19. The minimum absolute atomic E-state index is 0.0755. The van der Waals surface area contributed by atoms with E-state index in [0.717, 1.165) is 0 Å². The molecule has 118 valence electrons. The molecule has 1 aromatic carbocycles. The zero-order chi connectivity index (χ0) is 17.1. The minimum Gasteiger partial charge on any atom is -0.501 e. The van der Waals surface area contributed by atoms with Crippen LogP contribution in [0.1, 0.15) is 56.0 Å². The number of aliphatic hydroxyl groups is 1. The van der Waals surface area contributed by atoms with Gasteiger partial charge in [-0.25, -0.2) is 0 Å². The van der Waals surface area contributed by atoms with Gasteiger partial charge in [-0.15, -0.1) is 0 Å². The lowest BCUT2D eigenvalue weighted by atomic mass is 9.72. The number of hydrogen-bond donors (Lipinski definition) is 1. The van der Waals surface area contributed by atoms with E-state index in [-0.39, 0.29) is 22.7 Å². The molecule has 0 heterocycles. The molecule has 0 bridgehead atoms.